The molecule has 0 bridgehead atoms. The summed E-state index contributed by atoms with van der Waals surface area (Å²) >= 11 is 0. The van der Waals surface area contributed by atoms with Gasteiger partial charge in [0.15, 0.2) is 0 Å². The first-order valence-corrected chi connectivity index (χ1v) is 8.80. The van der Waals surface area contributed by atoms with E-state index in [1.54, 1.807) is 11.7 Å². The van der Waals surface area contributed by atoms with Crippen molar-refractivity contribution in [3.8, 4) is 5.75 Å². The highest BCUT2D eigenvalue weighted by atomic mass is 35.5. The van der Waals surface area contributed by atoms with Crippen LogP contribution < -0.4 is 16.2 Å². The zero-order valence-electron chi connectivity index (χ0n) is 16.7. The second-order valence-electron chi connectivity index (χ2n) is 6.69. The number of benzene rings is 1. The molecule has 0 aliphatic carbocycles. The Bertz CT molecular complexity index is 723. The fourth-order valence-corrected chi connectivity index (χ4v) is 2.94. The molecule has 0 amide bonds. The molecule has 0 spiro atoms. The molecule has 28 heavy (non-hydrogen) atoms. The summed E-state index contributed by atoms with van der Waals surface area (Å²) in [7, 11) is 5.73. The number of carbonyl (C=O) groups is 1. The lowest BCUT2D eigenvalue weighted by molar-refractivity contribution is 0.0879. The molecule has 1 aromatic carbocycles. The van der Waals surface area contributed by atoms with Gasteiger partial charge in [-0.05, 0) is 63.7 Å². The molecular weight excluding hydrogens is 423 g/mol. The smallest absolute Gasteiger partial charge is 0.247 e. The molecule has 1 heterocycles. The molecular formula is C19H33Cl3N4O2. The maximum atomic E-state index is 12.8. The Hall–Kier alpha value is -1.02. The molecule has 0 radical (unpaired) electrons. The van der Waals surface area contributed by atoms with Gasteiger partial charge in [0.05, 0.1) is 18.7 Å². The highest BCUT2D eigenvalue weighted by Gasteiger charge is 2.19. The molecule has 0 saturated heterocycles. The van der Waals surface area contributed by atoms with Crippen molar-refractivity contribution >= 4 is 54.0 Å². The van der Waals surface area contributed by atoms with Crippen molar-refractivity contribution < 1.29 is 9.53 Å². The van der Waals surface area contributed by atoms with Gasteiger partial charge in [-0.1, -0.05) is 6.42 Å². The molecule has 0 aliphatic rings. The minimum absolute atomic E-state index is 0. The third kappa shape index (κ3) is 7.43. The number of hydrogen-bond acceptors (Lipinski definition) is 5. The van der Waals surface area contributed by atoms with Crippen LogP contribution in [0.5, 0.6) is 5.75 Å². The normalized spacial score (nSPS) is 11.4. The van der Waals surface area contributed by atoms with E-state index in [1.165, 1.54) is 0 Å². The zero-order valence-corrected chi connectivity index (χ0v) is 19.2. The Balaban J connectivity index is 0. The number of hydrogen-bond donors (Lipinski definition) is 2. The maximum Gasteiger partial charge on any atom is 0.247 e. The third-order valence-electron chi connectivity index (χ3n) is 4.45. The van der Waals surface area contributed by atoms with Gasteiger partial charge >= 0.3 is 0 Å². The van der Waals surface area contributed by atoms with Crippen LogP contribution in [0.2, 0.25) is 0 Å². The summed E-state index contributed by atoms with van der Waals surface area (Å²) in [6.07, 6.45) is 5.19. The number of likely N-dealkylation sites (N-methyl/N-ethyl adjacent to an activating group) is 1. The van der Waals surface area contributed by atoms with Crippen molar-refractivity contribution in [3.63, 3.8) is 0 Å². The molecule has 2 aromatic rings. The van der Waals surface area contributed by atoms with Crippen molar-refractivity contribution in [1.29, 1.82) is 0 Å². The van der Waals surface area contributed by atoms with Crippen molar-refractivity contribution in [2.75, 3.05) is 34.3 Å². The Kier molecular flexibility index (Phi) is 14.6. The van der Waals surface area contributed by atoms with E-state index in [1.807, 2.05) is 38.5 Å². The zero-order chi connectivity index (χ0) is 18.4. The monoisotopic (exact) mass is 454 g/mol. The lowest BCUT2D eigenvalue weighted by Crippen LogP contribution is -2.34. The Morgan fingerprint density at radius 3 is 2.46 bits per heavy atom. The van der Waals surface area contributed by atoms with E-state index in [9.17, 15) is 4.79 Å². The van der Waals surface area contributed by atoms with Crippen LogP contribution in [0.25, 0.3) is 10.9 Å². The molecule has 1 atom stereocenters. The predicted octanol–water partition coefficient (Wildman–Crippen LogP) is 3.12. The number of fused-ring (bicyclic) bond motifs is 1. The van der Waals surface area contributed by atoms with Crippen molar-refractivity contribution in [2.24, 2.45) is 11.5 Å². The van der Waals surface area contributed by atoms with E-state index in [4.69, 9.17) is 16.2 Å². The summed E-state index contributed by atoms with van der Waals surface area (Å²) in [4.78, 5) is 15.0. The minimum Gasteiger partial charge on any atom is -0.497 e. The van der Waals surface area contributed by atoms with Crippen molar-refractivity contribution in [3.05, 3.63) is 30.0 Å². The Morgan fingerprint density at radius 2 is 1.89 bits per heavy atom. The fourth-order valence-electron chi connectivity index (χ4n) is 2.94. The molecule has 0 unspecified atom stereocenters. The molecule has 4 N–H and O–H groups in total. The number of rotatable bonds is 9. The number of ether oxygens (including phenoxy) is 1. The van der Waals surface area contributed by atoms with Crippen LogP contribution in [0.3, 0.4) is 0 Å². The number of halogens is 3. The summed E-state index contributed by atoms with van der Waals surface area (Å²) in [5.41, 5.74) is 13.7. The first kappa shape index (κ1) is 29.2. The van der Waals surface area contributed by atoms with Crippen LogP contribution in [-0.2, 0) is 6.42 Å². The molecule has 0 saturated carbocycles. The van der Waals surface area contributed by atoms with E-state index >= 15 is 0 Å². The number of unbranched alkanes of at least 4 members (excludes halogenated alkanes) is 1. The van der Waals surface area contributed by atoms with Gasteiger partial charge in [0.1, 0.15) is 5.75 Å². The Morgan fingerprint density at radius 1 is 1.21 bits per heavy atom. The molecule has 1 aromatic heterocycles. The topological polar surface area (TPSA) is 86.5 Å². The van der Waals surface area contributed by atoms with E-state index in [0.29, 0.717) is 13.0 Å². The average Bonchev–Trinajstić information content (AvgIpc) is 2.97. The number of nitrogens with zero attached hydrogens (tertiary/aromatic N) is 2. The number of carbonyl (C=O) groups excluding carboxylic acids is 1. The second kappa shape index (κ2) is 14.0. The van der Waals surface area contributed by atoms with Crippen LogP contribution in [0.1, 0.15) is 29.6 Å². The van der Waals surface area contributed by atoms with E-state index in [-0.39, 0.29) is 43.1 Å². The molecule has 2 rings (SSSR count). The minimum atomic E-state index is -0.508. The van der Waals surface area contributed by atoms with Gasteiger partial charge in [0.25, 0.3) is 0 Å². The lowest BCUT2D eigenvalue weighted by atomic mass is 10.1. The average molecular weight is 456 g/mol. The molecule has 9 heteroatoms. The van der Waals surface area contributed by atoms with Crippen LogP contribution in [0, 0.1) is 0 Å². The van der Waals surface area contributed by atoms with Gasteiger partial charge in [-0.3, -0.25) is 9.36 Å². The van der Waals surface area contributed by atoms with Crippen LogP contribution in [-0.4, -0.2) is 55.7 Å². The largest absolute Gasteiger partial charge is 0.497 e. The number of nitrogens with two attached hydrogens (primary N) is 2. The summed E-state index contributed by atoms with van der Waals surface area (Å²) in [5.74, 6) is 0.722. The quantitative estimate of drug-likeness (QED) is 0.567. The predicted molar refractivity (Wildman–Crippen MR) is 124 cm³/mol. The number of aromatic nitrogens is 1. The van der Waals surface area contributed by atoms with Crippen LogP contribution in [0.4, 0.5) is 0 Å². The van der Waals surface area contributed by atoms with E-state index in [0.717, 1.165) is 48.0 Å². The fraction of sp³-hybridized carbons (Fsp3) is 0.526. The molecule has 162 valence electrons. The van der Waals surface area contributed by atoms with Gasteiger partial charge in [0.2, 0.25) is 5.91 Å². The van der Waals surface area contributed by atoms with Crippen molar-refractivity contribution in [1.82, 2.24) is 9.47 Å². The third-order valence-corrected chi connectivity index (χ3v) is 4.45. The van der Waals surface area contributed by atoms with Gasteiger partial charge in [-0.25, -0.2) is 0 Å². The summed E-state index contributed by atoms with van der Waals surface area (Å²) in [6, 6.07) is 5.29. The maximum absolute atomic E-state index is 12.8. The molecule has 0 aliphatic heterocycles. The molecule has 0 fully saturated rings. The van der Waals surface area contributed by atoms with Crippen LogP contribution >= 0.6 is 37.2 Å². The standard InChI is InChI=1S/C19H30N4O2.3ClH/c1-22(2)11-9-14-13-23(19(24)17(21)6-4-5-10-20)18-8-7-15(25-3)12-16(14)18;;;/h7-8,12-13,17H,4-6,9-11,20-21H2,1-3H3;3*1H/t17-;;;/m0.../s1. The first-order valence-electron chi connectivity index (χ1n) is 8.80. The number of methoxy groups -OCH3 is 1. The van der Waals surface area contributed by atoms with Crippen molar-refractivity contribution in [2.45, 2.75) is 31.7 Å². The summed E-state index contributed by atoms with van der Waals surface area (Å²) in [5, 5.41) is 1.05. The van der Waals surface area contributed by atoms with Gasteiger partial charge in [-0.15, -0.1) is 37.2 Å². The second-order valence-corrected chi connectivity index (χ2v) is 6.69. The Labute approximate surface area is 186 Å². The summed E-state index contributed by atoms with van der Waals surface area (Å²) in [6.45, 7) is 1.54. The SMILES string of the molecule is COc1ccc2c(c1)c(CCN(C)C)cn2C(=O)[C@@H](N)CCCCN.Cl.Cl.Cl. The highest BCUT2D eigenvalue weighted by Crippen LogP contribution is 2.27. The first-order chi connectivity index (χ1) is 12.0. The highest BCUT2D eigenvalue weighted by molar-refractivity contribution is 5.97. The van der Waals surface area contributed by atoms with Gasteiger partial charge in [-0.2, -0.15) is 0 Å². The van der Waals surface area contributed by atoms with Gasteiger partial charge < -0.3 is 21.1 Å². The summed E-state index contributed by atoms with van der Waals surface area (Å²) < 4.78 is 7.05. The van der Waals surface area contributed by atoms with Crippen LogP contribution in [0.15, 0.2) is 24.4 Å². The van der Waals surface area contributed by atoms with E-state index < -0.39 is 6.04 Å². The lowest BCUT2D eigenvalue weighted by Gasteiger charge is -2.12. The van der Waals surface area contributed by atoms with Gasteiger partial charge in [0, 0.05) is 18.1 Å². The molecule has 6 nitrogen and oxygen atoms in total. The van der Waals surface area contributed by atoms with E-state index in [2.05, 4.69) is 4.90 Å².